The average molecular weight is 476 g/mol. The molecule has 2 aromatic heterocycles. The largest absolute Gasteiger partial charge is 0.490 e. The second-order valence-electron chi connectivity index (χ2n) is 8.34. The Kier molecular flexibility index (Phi) is 7.17. The quantitative estimate of drug-likeness (QED) is 0.288. The molecule has 0 spiro atoms. The normalized spacial score (nSPS) is 17.4. The predicted molar refractivity (Wildman–Crippen MR) is 124 cm³/mol. The second-order valence-corrected chi connectivity index (χ2v) is 9.15. The molecule has 4 rings (SSSR count). The maximum atomic E-state index is 13.4. The van der Waals surface area contributed by atoms with Crippen molar-refractivity contribution in [2.45, 2.75) is 52.1 Å². The van der Waals surface area contributed by atoms with Crippen molar-refractivity contribution in [2.75, 3.05) is 6.61 Å². The van der Waals surface area contributed by atoms with E-state index in [-0.39, 0.29) is 5.91 Å². The Morgan fingerprint density at radius 2 is 1.88 bits per heavy atom. The Hall–Kier alpha value is -2.37. The fraction of sp³-hybridized carbons (Fsp3) is 0.400. The van der Waals surface area contributed by atoms with Crippen LogP contribution in [0.25, 0.3) is 0 Å². The van der Waals surface area contributed by atoms with Crippen molar-refractivity contribution in [3.63, 3.8) is 0 Å². The summed E-state index contributed by atoms with van der Waals surface area (Å²) >= 11 is 12.8. The van der Waals surface area contributed by atoms with E-state index >= 15 is 0 Å². The minimum absolute atomic E-state index is 0.219. The van der Waals surface area contributed by atoms with Crippen LogP contribution in [0.3, 0.4) is 0 Å². The SMILES string of the molecule is CCCCOc1c(Cl)cc(C(=O)N(Cc2ccco2)Cc2ccc(C3CC3C)o2)cc1Cl. The molecule has 0 radical (unpaired) electrons. The Labute approximate surface area is 198 Å². The van der Waals surface area contributed by atoms with E-state index in [2.05, 4.69) is 13.8 Å². The molecule has 2 atom stereocenters. The van der Waals surface area contributed by atoms with Gasteiger partial charge in [0.05, 0.1) is 36.0 Å². The zero-order chi connectivity index (χ0) is 22.7. The molecule has 1 saturated carbocycles. The average Bonchev–Trinajstić information content (AvgIpc) is 3.14. The van der Waals surface area contributed by atoms with E-state index in [0.717, 1.165) is 30.8 Å². The van der Waals surface area contributed by atoms with Crippen LogP contribution in [0, 0.1) is 5.92 Å². The first-order valence-electron chi connectivity index (χ1n) is 11.0. The highest BCUT2D eigenvalue weighted by Crippen LogP contribution is 2.47. The summed E-state index contributed by atoms with van der Waals surface area (Å²) in [7, 11) is 0. The highest BCUT2D eigenvalue weighted by molar-refractivity contribution is 6.37. The lowest BCUT2D eigenvalue weighted by Crippen LogP contribution is -2.30. The summed E-state index contributed by atoms with van der Waals surface area (Å²) in [6, 6.07) is 10.8. The standard InChI is InChI=1S/C25H27Cl2NO4/c1-3-4-9-31-24-21(26)12-17(13-22(24)27)25(29)28(14-18-6-5-10-30-18)15-19-7-8-23(32-19)20-11-16(20)2/h5-8,10,12-13,16,20H,3-4,9,11,14-15H2,1-2H3. The molecule has 1 aliphatic carbocycles. The van der Waals surface area contributed by atoms with Crippen LogP contribution in [0.5, 0.6) is 5.75 Å². The fourth-order valence-electron chi connectivity index (χ4n) is 3.70. The summed E-state index contributed by atoms with van der Waals surface area (Å²) in [6.07, 6.45) is 4.63. The lowest BCUT2D eigenvalue weighted by Gasteiger charge is -2.21. The van der Waals surface area contributed by atoms with Crippen molar-refractivity contribution < 1.29 is 18.4 Å². The third-order valence-electron chi connectivity index (χ3n) is 5.71. The molecule has 170 valence electrons. The zero-order valence-corrected chi connectivity index (χ0v) is 19.8. The minimum Gasteiger partial charge on any atom is -0.490 e. The third-order valence-corrected chi connectivity index (χ3v) is 6.27. The first kappa shape index (κ1) is 22.8. The summed E-state index contributed by atoms with van der Waals surface area (Å²) in [5.41, 5.74) is 0.386. The Morgan fingerprint density at radius 1 is 1.16 bits per heavy atom. The van der Waals surface area contributed by atoms with E-state index in [1.165, 1.54) is 0 Å². The van der Waals surface area contributed by atoms with Crippen LogP contribution in [0.4, 0.5) is 0 Å². The number of nitrogens with zero attached hydrogens (tertiary/aromatic N) is 1. The van der Waals surface area contributed by atoms with Crippen LogP contribution in [0.15, 0.2) is 51.5 Å². The van der Waals surface area contributed by atoms with Crippen LogP contribution in [-0.4, -0.2) is 17.4 Å². The summed E-state index contributed by atoms with van der Waals surface area (Å²) < 4.78 is 17.2. The molecule has 1 aliphatic rings. The number of amides is 1. The van der Waals surface area contributed by atoms with Crippen molar-refractivity contribution in [3.8, 4) is 5.75 Å². The molecule has 0 saturated heterocycles. The van der Waals surface area contributed by atoms with E-state index in [0.29, 0.717) is 58.7 Å². The van der Waals surface area contributed by atoms with Crippen LogP contribution in [-0.2, 0) is 13.1 Å². The van der Waals surface area contributed by atoms with Gasteiger partial charge in [-0.1, -0.05) is 43.5 Å². The maximum Gasteiger partial charge on any atom is 0.254 e. The summed E-state index contributed by atoms with van der Waals surface area (Å²) in [5, 5.41) is 0.635. The number of halogens is 2. The smallest absolute Gasteiger partial charge is 0.254 e. The molecule has 32 heavy (non-hydrogen) atoms. The van der Waals surface area contributed by atoms with Crippen LogP contribution in [0.2, 0.25) is 10.0 Å². The molecule has 0 aliphatic heterocycles. The zero-order valence-electron chi connectivity index (χ0n) is 18.3. The molecular formula is C25H27Cl2NO4. The molecule has 2 unspecified atom stereocenters. The van der Waals surface area contributed by atoms with Gasteiger partial charge in [-0.25, -0.2) is 0 Å². The van der Waals surface area contributed by atoms with E-state index in [9.17, 15) is 4.79 Å². The van der Waals surface area contributed by atoms with Crippen LogP contribution < -0.4 is 4.74 Å². The van der Waals surface area contributed by atoms with Crippen LogP contribution in [0.1, 0.15) is 66.7 Å². The molecule has 2 heterocycles. The number of ether oxygens (including phenoxy) is 1. The first-order chi connectivity index (χ1) is 15.5. The molecule has 0 N–H and O–H groups in total. The molecule has 3 aromatic rings. The Bertz CT molecular complexity index is 1040. The van der Waals surface area contributed by atoms with Gasteiger partial charge in [0.2, 0.25) is 0 Å². The van der Waals surface area contributed by atoms with E-state index in [1.807, 2.05) is 18.2 Å². The Balaban J connectivity index is 1.55. The van der Waals surface area contributed by atoms with Gasteiger partial charge in [-0.05, 0) is 55.2 Å². The molecule has 1 fully saturated rings. The number of carbonyl (C=O) groups is 1. The van der Waals surface area contributed by atoms with Crippen molar-refractivity contribution in [1.82, 2.24) is 4.90 Å². The van der Waals surface area contributed by atoms with Crippen molar-refractivity contribution in [1.29, 1.82) is 0 Å². The molecule has 5 nitrogen and oxygen atoms in total. The first-order valence-corrected chi connectivity index (χ1v) is 11.7. The number of rotatable bonds is 10. The predicted octanol–water partition coefficient (Wildman–Crippen LogP) is 7.32. The number of hydrogen-bond acceptors (Lipinski definition) is 4. The monoisotopic (exact) mass is 475 g/mol. The summed E-state index contributed by atoms with van der Waals surface area (Å²) in [4.78, 5) is 15.1. The van der Waals surface area contributed by atoms with Gasteiger partial charge in [0, 0.05) is 11.5 Å². The van der Waals surface area contributed by atoms with E-state index < -0.39 is 0 Å². The van der Waals surface area contributed by atoms with Gasteiger partial charge in [-0.15, -0.1) is 0 Å². The van der Waals surface area contributed by atoms with Crippen molar-refractivity contribution in [2.24, 2.45) is 5.92 Å². The number of furan rings is 2. The summed E-state index contributed by atoms with van der Waals surface area (Å²) in [6.45, 7) is 5.42. The molecule has 7 heteroatoms. The van der Waals surface area contributed by atoms with E-state index in [4.69, 9.17) is 36.8 Å². The minimum atomic E-state index is -0.219. The van der Waals surface area contributed by atoms with Gasteiger partial charge in [-0.3, -0.25) is 4.79 Å². The fourth-order valence-corrected chi connectivity index (χ4v) is 4.29. The van der Waals surface area contributed by atoms with Gasteiger partial charge >= 0.3 is 0 Å². The highest BCUT2D eigenvalue weighted by atomic mass is 35.5. The van der Waals surface area contributed by atoms with Gasteiger partial charge in [0.25, 0.3) is 5.91 Å². The molecular weight excluding hydrogens is 449 g/mol. The molecule has 0 bridgehead atoms. The van der Waals surface area contributed by atoms with E-state index in [1.54, 1.807) is 29.4 Å². The van der Waals surface area contributed by atoms with Gasteiger partial charge in [-0.2, -0.15) is 0 Å². The van der Waals surface area contributed by atoms with Gasteiger partial charge < -0.3 is 18.5 Å². The van der Waals surface area contributed by atoms with Gasteiger partial charge in [0.15, 0.2) is 5.75 Å². The Morgan fingerprint density at radius 3 is 2.50 bits per heavy atom. The van der Waals surface area contributed by atoms with Crippen molar-refractivity contribution >= 4 is 29.1 Å². The van der Waals surface area contributed by atoms with Gasteiger partial charge in [0.1, 0.15) is 17.3 Å². The molecule has 1 amide bonds. The second kappa shape index (κ2) is 10.1. The van der Waals surface area contributed by atoms with Crippen LogP contribution >= 0.6 is 23.2 Å². The highest BCUT2D eigenvalue weighted by Gasteiger charge is 2.36. The number of hydrogen-bond donors (Lipinski definition) is 0. The lowest BCUT2D eigenvalue weighted by atomic mass is 10.1. The van der Waals surface area contributed by atoms with Crippen molar-refractivity contribution in [3.05, 3.63) is 75.6 Å². The number of carbonyl (C=O) groups excluding carboxylic acids is 1. The lowest BCUT2D eigenvalue weighted by molar-refractivity contribution is 0.0704. The number of benzene rings is 1. The topological polar surface area (TPSA) is 55.8 Å². The third kappa shape index (κ3) is 5.33. The molecule has 1 aromatic carbocycles. The maximum absolute atomic E-state index is 13.4. The summed E-state index contributed by atoms with van der Waals surface area (Å²) in [5.74, 6) is 3.71. The number of unbranched alkanes of at least 4 members (excludes halogenated alkanes) is 1.